The molecular formula is C29H26Cl2F3N3O5S. The van der Waals surface area contributed by atoms with Crippen LogP contribution in [0.4, 0.5) is 13.2 Å². The number of nitrogens with zero attached hydrogens (tertiary/aromatic N) is 2. The SMILES string of the molecule is Cl.Cl.O=C1C(=Cc2cn(S(=O)(=O)c3ccc(C(F)(F)F)cc3)c3ccccc23)Oc2c1ccc(O)c2CN1CCNCC1. The molecule has 4 aromatic rings. The van der Waals surface area contributed by atoms with Gasteiger partial charge < -0.3 is 15.2 Å². The molecule has 6 rings (SSSR count). The molecule has 0 radical (unpaired) electrons. The number of piperazine rings is 1. The Bertz CT molecular complexity index is 1820. The molecule has 0 spiro atoms. The van der Waals surface area contributed by atoms with Crippen molar-refractivity contribution in [1.82, 2.24) is 14.2 Å². The normalized spacial score (nSPS) is 16.4. The summed E-state index contributed by atoms with van der Waals surface area (Å²) in [6.07, 6.45) is -1.85. The van der Waals surface area contributed by atoms with E-state index < -0.39 is 27.5 Å². The number of nitrogens with one attached hydrogen (secondary N) is 1. The lowest BCUT2D eigenvalue weighted by molar-refractivity contribution is -0.137. The number of hydrogen-bond donors (Lipinski definition) is 2. The van der Waals surface area contributed by atoms with Crippen molar-refractivity contribution in [2.75, 3.05) is 26.2 Å². The summed E-state index contributed by atoms with van der Waals surface area (Å²) in [5.41, 5.74) is 0.464. The largest absolute Gasteiger partial charge is 0.507 e. The number of allylic oxidation sites excluding steroid dienone is 1. The number of halogens is 5. The van der Waals surface area contributed by atoms with Crippen LogP contribution in [0.5, 0.6) is 11.5 Å². The molecule has 0 bridgehead atoms. The van der Waals surface area contributed by atoms with Gasteiger partial charge >= 0.3 is 6.18 Å². The van der Waals surface area contributed by atoms with Crippen molar-refractivity contribution in [3.05, 3.63) is 94.9 Å². The van der Waals surface area contributed by atoms with Crippen molar-refractivity contribution >= 4 is 57.6 Å². The number of aromatic hydroxyl groups is 1. The molecule has 0 saturated carbocycles. The Kier molecular flexibility index (Phi) is 9.19. The summed E-state index contributed by atoms with van der Waals surface area (Å²) >= 11 is 0. The van der Waals surface area contributed by atoms with E-state index in [4.69, 9.17) is 4.74 Å². The molecule has 0 atom stereocenters. The number of ketones is 1. The van der Waals surface area contributed by atoms with Crippen LogP contribution >= 0.6 is 24.8 Å². The molecule has 8 nitrogen and oxygen atoms in total. The first kappa shape index (κ1) is 32.4. The summed E-state index contributed by atoms with van der Waals surface area (Å²) in [5.74, 6) is -0.178. The minimum Gasteiger partial charge on any atom is -0.507 e. The van der Waals surface area contributed by atoms with Gasteiger partial charge in [-0.3, -0.25) is 9.69 Å². The number of carbonyl (C=O) groups is 1. The Morgan fingerprint density at radius 3 is 2.33 bits per heavy atom. The van der Waals surface area contributed by atoms with Crippen LogP contribution in [-0.4, -0.2) is 54.4 Å². The van der Waals surface area contributed by atoms with Gasteiger partial charge in [-0.15, -0.1) is 24.8 Å². The number of hydrogen-bond acceptors (Lipinski definition) is 7. The van der Waals surface area contributed by atoms with Gasteiger partial charge in [0.1, 0.15) is 11.5 Å². The lowest BCUT2D eigenvalue weighted by atomic mass is 10.0. The van der Waals surface area contributed by atoms with Crippen LogP contribution in [0, 0.1) is 0 Å². The number of rotatable bonds is 5. The maximum atomic E-state index is 13.5. The number of carbonyl (C=O) groups excluding carboxylic acids is 1. The van der Waals surface area contributed by atoms with Crippen LogP contribution in [0.25, 0.3) is 17.0 Å². The lowest BCUT2D eigenvalue weighted by Crippen LogP contribution is -2.42. The van der Waals surface area contributed by atoms with Gasteiger partial charge in [0.05, 0.1) is 27.1 Å². The van der Waals surface area contributed by atoms with E-state index in [0.717, 1.165) is 54.4 Å². The van der Waals surface area contributed by atoms with Crippen molar-refractivity contribution in [3.63, 3.8) is 0 Å². The van der Waals surface area contributed by atoms with Crippen LogP contribution in [-0.2, 0) is 22.7 Å². The highest BCUT2D eigenvalue weighted by Crippen LogP contribution is 2.41. The molecule has 228 valence electrons. The topological polar surface area (TPSA) is 101 Å². The summed E-state index contributed by atoms with van der Waals surface area (Å²) in [5, 5.41) is 14.3. The zero-order chi connectivity index (χ0) is 28.9. The first-order valence-corrected chi connectivity index (χ1v) is 14.2. The standard InChI is InChI=1S/C29H24F3N3O5S.2ClH/c30-29(31,32)19-5-7-20(8-6-19)41(38,39)35-16-18(21-3-1-2-4-24(21)35)15-26-27(37)22-9-10-25(36)23(28(22)40-26)17-34-13-11-33-12-14-34;;/h1-10,15-16,33,36H,11-14,17H2;2*1H. The Morgan fingerprint density at radius 1 is 0.977 bits per heavy atom. The molecule has 3 heterocycles. The van der Waals surface area contributed by atoms with Gasteiger partial charge in [0.2, 0.25) is 5.78 Å². The van der Waals surface area contributed by atoms with Crippen molar-refractivity contribution in [1.29, 1.82) is 0 Å². The van der Waals surface area contributed by atoms with E-state index in [9.17, 15) is 31.5 Å². The Hall–Kier alpha value is -3.55. The molecule has 1 saturated heterocycles. The summed E-state index contributed by atoms with van der Waals surface area (Å²) in [7, 11) is -4.29. The number of fused-ring (bicyclic) bond motifs is 2. The summed E-state index contributed by atoms with van der Waals surface area (Å²) < 4.78 is 73.0. The number of alkyl halides is 3. The van der Waals surface area contributed by atoms with Gasteiger partial charge in [-0.05, 0) is 48.5 Å². The second-order valence-corrected chi connectivity index (χ2v) is 11.6. The summed E-state index contributed by atoms with van der Waals surface area (Å²) in [6, 6.07) is 12.8. The van der Waals surface area contributed by atoms with Crippen molar-refractivity contribution in [3.8, 4) is 11.5 Å². The van der Waals surface area contributed by atoms with E-state index in [0.29, 0.717) is 28.6 Å². The average Bonchev–Trinajstić information content (AvgIpc) is 3.49. The molecule has 2 N–H and O–H groups in total. The number of Topliss-reactive ketones (excluding diaryl/α,β-unsaturated/α-hetero) is 1. The second kappa shape index (κ2) is 12.2. The molecule has 2 aliphatic heterocycles. The van der Waals surface area contributed by atoms with Crippen LogP contribution in [0.1, 0.15) is 27.0 Å². The molecule has 2 aliphatic rings. The fourth-order valence-corrected chi connectivity index (χ4v) is 6.48. The van der Waals surface area contributed by atoms with E-state index in [-0.39, 0.29) is 52.5 Å². The van der Waals surface area contributed by atoms with Crippen molar-refractivity contribution in [2.24, 2.45) is 0 Å². The highest BCUT2D eigenvalue weighted by atomic mass is 35.5. The first-order chi connectivity index (χ1) is 19.5. The monoisotopic (exact) mass is 655 g/mol. The maximum Gasteiger partial charge on any atom is 0.416 e. The highest BCUT2D eigenvalue weighted by Gasteiger charge is 2.33. The van der Waals surface area contributed by atoms with Crippen LogP contribution in [0.2, 0.25) is 0 Å². The van der Waals surface area contributed by atoms with E-state index in [2.05, 4.69) is 10.2 Å². The van der Waals surface area contributed by atoms with Gasteiger partial charge in [-0.1, -0.05) is 18.2 Å². The van der Waals surface area contributed by atoms with Gasteiger partial charge in [0.25, 0.3) is 10.0 Å². The van der Waals surface area contributed by atoms with E-state index in [1.165, 1.54) is 24.4 Å². The number of aromatic nitrogens is 1. The molecular weight excluding hydrogens is 630 g/mol. The number of para-hydroxylation sites is 1. The number of phenolic OH excluding ortho intramolecular Hbond substituents is 1. The Balaban J connectivity index is 0.00000212. The molecule has 1 fully saturated rings. The fourth-order valence-electron chi connectivity index (χ4n) is 5.10. The second-order valence-electron chi connectivity index (χ2n) is 9.83. The predicted molar refractivity (Wildman–Crippen MR) is 160 cm³/mol. The summed E-state index contributed by atoms with van der Waals surface area (Å²) in [6.45, 7) is 3.54. The van der Waals surface area contributed by atoms with E-state index in [1.807, 2.05) is 0 Å². The smallest absolute Gasteiger partial charge is 0.416 e. The van der Waals surface area contributed by atoms with Gasteiger partial charge in [-0.25, -0.2) is 12.4 Å². The molecule has 14 heteroatoms. The van der Waals surface area contributed by atoms with Crippen LogP contribution < -0.4 is 10.1 Å². The highest BCUT2D eigenvalue weighted by molar-refractivity contribution is 7.90. The zero-order valence-corrected chi connectivity index (χ0v) is 24.7. The Morgan fingerprint density at radius 2 is 1.65 bits per heavy atom. The number of benzene rings is 3. The average molecular weight is 657 g/mol. The van der Waals surface area contributed by atoms with E-state index in [1.54, 1.807) is 24.3 Å². The molecule has 43 heavy (non-hydrogen) atoms. The third-order valence-corrected chi connectivity index (χ3v) is 8.93. The maximum absolute atomic E-state index is 13.5. The minimum atomic E-state index is -4.60. The fraction of sp³-hybridized carbons (Fsp3) is 0.207. The molecule has 1 aromatic heterocycles. The van der Waals surface area contributed by atoms with Crippen LogP contribution in [0.15, 0.2) is 77.5 Å². The van der Waals surface area contributed by atoms with Crippen molar-refractivity contribution in [2.45, 2.75) is 17.6 Å². The predicted octanol–water partition coefficient (Wildman–Crippen LogP) is 5.47. The zero-order valence-electron chi connectivity index (χ0n) is 22.3. The molecule has 0 amide bonds. The van der Waals surface area contributed by atoms with Crippen LogP contribution in [0.3, 0.4) is 0 Å². The number of ether oxygens (including phenoxy) is 1. The molecule has 0 unspecified atom stereocenters. The van der Waals surface area contributed by atoms with Crippen molar-refractivity contribution < 1.29 is 36.2 Å². The quantitative estimate of drug-likeness (QED) is 0.275. The van der Waals surface area contributed by atoms with E-state index >= 15 is 0 Å². The lowest BCUT2D eigenvalue weighted by Gasteiger charge is -2.27. The minimum absolute atomic E-state index is 0. The van der Waals surface area contributed by atoms with Gasteiger partial charge in [-0.2, -0.15) is 13.2 Å². The number of phenols is 1. The molecule has 0 aliphatic carbocycles. The molecule has 3 aromatic carbocycles. The van der Waals surface area contributed by atoms with Gasteiger partial charge in [0.15, 0.2) is 5.76 Å². The summed E-state index contributed by atoms with van der Waals surface area (Å²) in [4.78, 5) is 15.1. The van der Waals surface area contributed by atoms with Gasteiger partial charge in [0, 0.05) is 49.9 Å². The Labute approximate surface area is 257 Å². The third kappa shape index (κ3) is 5.98. The third-order valence-electron chi connectivity index (χ3n) is 7.24. The first-order valence-electron chi connectivity index (χ1n) is 12.8.